The first-order valence-corrected chi connectivity index (χ1v) is 7.26. The van der Waals surface area contributed by atoms with Gasteiger partial charge in [0.05, 0.1) is 6.61 Å². The summed E-state index contributed by atoms with van der Waals surface area (Å²) in [7, 11) is 0. The Morgan fingerprint density at radius 1 is 1.05 bits per heavy atom. The van der Waals surface area contributed by atoms with E-state index in [9.17, 15) is 5.11 Å². The molecule has 0 aromatic heterocycles. The summed E-state index contributed by atoms with van der Waals surface area (Å²) in [6.07, 6.45) is 3.50. The molecule has 3 N–H and O–H groups in total. The van der Waals surface area contributed by atoms with E-state index in [4.69, 9.17) is 5.73 Å². The summed E-state index contributed by atoms with van der Waals surface area (Å²) in [6.45, 7) is 5.66. The smallest absolute Gasteiger partial charge is 0.0608 e. The van der Waals surface area contributed by atoms with Gasteiger partial charge in [0, 0.05) is 5.54 Å². The van der Waals surface area contributed by atoms with Gasteiger partial charge in [-0.1, -0.05) is 61.2 Å². The standard InChI is InChI=1S/C19H23NO/c1-3-15-4-8-17(9-5-15)18-10-6-16(7-11-18)12-13-19(2,20)14-21/h3-11,21H,1,12-14,20H2,2H3/t19-/m1/s1. The maximum absolute atomic E-state index is 9.18. The summed E-state index contributed by atoms with van der Waals surface area (Å²) in [5.74, 6) is 0. The van der Waals surface area contributed by atoms with Crippen LogP contribution in [-0.4, -0.2) is 17.3 Å². The number of rotatable bonds is 6. The average molecular weight is 281 g/mol. The van der Waals surface area contributed by atoms with Crippen LogP contribution in [0.1, 0.15) is 24.5 Å². The van der Waals surface area contributed by atoms with Crippen molar-refractivity contribution >= 4 is 6.08 Å². The van der Waals surface area contributed by atoms with Crippen LogP contribution >= 0.6 is 0 Å². The fraction of sp³-hybridized carbons (Fsp3) is 0.263. The second kappa shape index (κ2) is 6.70. The number of aliphatic hydroxyl groups is 1. The highest BCUT2D eigenvalue weighted by Gasteiger charge is 2.16. The monoisotopic (exact) mass is 281 g/mol. The molecule has 2 heteroatoms. The summed E-state index contributed by atoms with van der Waals surface area (Å²) < 4.78 is 0. The van der Waals surface area contributed by atoms with Gasteiger partial charge in [0.15, 0.2) is 0 Å². The lowest BCUT2D eigenvalue weighted by atomic mass is 9.94. The lowest BCUT2D eigenvalue weighted by Gasteiger charge is -2.21. The molecule has 21 heavy (non-hydrogen) atoms. The van der Waals surface area contributed by atoms with E-state index in [1.54, 1.807) is 0 Å². The van der Waals surface area contributed by atoms with Gasteiger partial charge in [0.2, 0.25) is 0 Å². The predicted octanol–water partition coefficient (Wildman–Crippen LogP) is 3.64. The first kappa shape index (κ1) is 15.5. The average Bonchev–Trinajstić information content (AvgIpc) is 2.54. The third-order valence-electron chi connectivity index (χ3n) is 3.78. The van der Waals surface area contributed by atoms with Gasteiger partial charge in [0.25, 0.3) is 0 Å². The van der Waals surface area contributed by atoms with Gasteiger partial charge in [-0.15, -0.1) is 0 Å². The van der Waals surface area contributed by atoms with Crippen LogP contribution in [0.5, 0.6) is 0 Å². The molecule has 0 aliphatic heterocycles. The van der Waals surface area contributed by atoms with E-state index in [0.29, 0.717) is 0 Å². The number of nitrogens with two attached hydrogens (primary N) is 1. The van der Waals surface area contributed by atoms with Gasteiger partial charge >= 0.3 is 0 Å². The van der Waals surface area contributed by atoms with E-state index in [1.165, 1.54) is 16.7 Å². The van der Waals surface area contributed by atoms with E-state index in [0.717, 1.165) is 18.4 Å². The van der Waals surface area contributed by atoms with Crippen molar-refractivity contribution in [2.45, 2.75) is 25.3 Å². The molecule has 0 fully saturated rings. The van der Waals surface area contributed by atoms with Crippen molar-refractivity contribution in [1.82, 2.24) is 0 Å². The maximum atomic E-state index is 9.18. The van der Waals surface area contributed by atoms with Crippen molar-refractivity contribution in [1.29, 1.82) is 0 Å². The van der Waals surface area contributed by atoms with Crippen molar-refractivity contribution < 1.29 is 5.11 Å². The molecule has 1 atom stereocenters. The summed E-state index contributed by atoms with van der Waals surface area (Å²) in [5, 5.41) is 9.18. The van der Waals surface area contributed by atoms with Crippen LogP contribution in [0.3, 0.4) is 0 Å². The van der Waals surface area contributed by atoms with E-state index in [-0.39, 0.29) is 6.61 Å². The van der Waals surface area contributed by atoms with E-state index >= 15 is 0 Å². The number of aliphatic hydroxyl groups excluding tert-OH is 1. The molecule has 2 aromatic rings. The van der Waals surface area contributed by atoms with Crippen LogP contribution in [0.4, 0.5) is 0 Å². The fourth-order valence-electron chi connectivity index (χ4n) is 2.18. The predicted molar refractivity (Wildman–Crippen MR) is 90.0 cm³/mol. The first-order valence-electron chi connectivity index (χ1n) is 7.26. The Morgan fingerprint density at radius 2 is 1.57 bits per heavy atom. The zero-order valence-corrected chi connectivity index (χ0v) is 12.5. The number of benzene rings is 2. The molecular formula is C19H23NO. The largest absolute Gasteiger partial charge is 0.394 e. The Hall–Kier alpha value is -1.90. The lowest BCUT2D eigenvalue weighted by molar-refractivity contribution is 0.200. The molecule has 0 aliphatic carbocycles. The van der Waals surface area contributed by atoms with Gasteiger partial charge < -0.3 is 10.8 Å². The lowest BCUT2D eigenvalue weighted by Crippen LogP contribution is -2.40. The second-order valence-corrected chi connectivity index (χ2v) is 5.84. The summed E-state index contributed by atoms with van der Waals surface area (Å²) in [4.78, 5) is 0. The van der Waals surface area contributed by atoms with Crippen LogP contribution in [0.2, 0.25) is 0 Å². The summed E-state index contributed by atoms with van der Waals surface area (Å²) in [5.41, 5.74) is 10.2. The van der Waals surface area contributed by atoms with E-state index in [2.05, 4.69) is 55.1 Å². The highest BCUT2D eigenvalue weighted by Crippen LogP contribution is 2.21. The Labute approximate surface area is 126 Å². The zero-order valence-electron chi connectivity index (χ0n) is 12.5. The third-order valence-corrected chi connectivity index (χ3v) is 3.78. The van der Waals surface area contributed by atoms with Crippen LogP contribution in [0.15, 0.2) is 55.1 Å². The van der Waals surface area contributed by atoms with Crippen molar-refractivity contribution in [2.75, 3.05) is 6.61 Å². The van der Waals surface area contributed by atoms with Crippen LogP contribution < -0.4 is 5.73 Å². The number of hydrogen-bond acceptors (Lipinski definition) is 2. The minimum Gasteiger partial charge on any atom is -0.394 e. The van der Waals surface area contributed by atoms with Crippen molar-refractivity contribution in [2.24, 2.45) is 5.73 Å². The molecule has 0 spiro atoms. The minimum absolute atomic E-state index is 0.0146. The van der Waals surface area contributed by atoms with Gasteiger partial charge in [-0.05, 0) is 42.0 Å². The second-order valence-electron chi connectivity index (χ2n) is 5.84. The molecule has 2 aromatic carbocycles. The van der Waals surface area contributed by atoms with Crippen molar-refractivity contribution in [3.05, 3.63) is 66.2 Å². The zero-order chi connectivity index (χ0) is 15.3. The molecule has 0 saturated heterocycles. The minimum atomic E-state index is -0.501. The molecule has 0 heterocycles. The highest BCUT2D eigenvalue weighted by atomic mass is 16.3. The van der Waals surface area contributed by atoms with Crippen molar-refractivity contribution in [3.63, 3.8) is 0 Å². The fourth-order valence-corrected chi connectivity index (χ4v) is 2.18. The number of hydrogen-bond donors (Lipinski definition) is 2. The Kier molecular flexibility index (Phi) is 4.94. The summed E-state index contributed by atoms with van der Waals surface area (Å²) >= 11 is 0. The highest BCUT2D eigenvalue weighted by molar-refractivity contribution is 5.65. The first-order chi connectivity index (χ1) is 10.0. The van der Waals surface area contributed by atoms with Crippen molar-refractivity contribution in [3.8, 4) is 11.1 Å². The van der Waals surface area contributed by atoms with Gasteiger partial charge in [-0.25, -0.2) is 0 Å². The van der Waals surface area contributed by atoms with Gasteiger partial charge in [-0.3, -0.25) is 0 Å². The molecule has 0 amide bonds. The molecule has 0 aliphatic rings. The maximum Gasteiger partial charge on any atom is 0.0608 e. The Bertz CT molecular complexity index is 582. The van der Waals surface area contributed by atoms with Crippen LogP contribution in [0, 0.1) is 0 Å². The SMILES string of the molecule is C=Cc1ccc(-c2ccc(CC[C@@](C)(N)CO)cc2)cc1. The molecule has 110 valence electrons. The van der Waals surface area contributed by atoms with Crippen LogP contribution in [0.25, 0.3) is 17.2 Å². The van der Waals surface area contributed by atoms with Gasteiger partial charge in [0.1, 0.15) is 0 Å². The van der Waals surface area contributed by atoms with Gasteiger partial charge in [-0.2, -0.15) is 0 Å². The summed E-state index contributed by atoms with van der Waals surface area (Å²) in [6, 6.07) is 16.9. The van der Waals surface area contributed by atoms with Crippen LogP contribution in [-0.2, 0) is 6.42 Å². The third kappa shape index (κ3) is 4.28. The molecule has 0 bridgehead atoms. The quantitative estimate of drug-likeness (QED) is 0.849. The van der Waals surface area contributed by atoms with E-state index in [1.807, 2.05) is 13.0 Å². The normalized spacial score (nSPS) is 13.7. The number of aryl methyl sites for hydroxylation is 1. The molecule has 0 radical (unpaired) electrons. The Morgan fingerprint density at radius 3 is 2.05 bits per heavy atom. The molecule has 2 rings (SSSR count). The Balaban J connectivity index is 2.06. The van der Waals surface area contributed by atoms with E-state index < -0.39 is 5.54 Å². The molecular weight excluding hydrogens is 258 g/mol. The molecule has 0 saturated carbocycles. The molecule has 2 nitrogen and oxygen atoms in total. The topological polar surface area (TPSA) is 46.2 Å². The molecule has 0 unspecified atom stereocenters.